The van der Waals surface area contributed by atoms with Crippen molar-refractivity contribution in [1.29, 1.82) is 0 Å². The van der Waals surface area contributed by atoms with Gasteiger partial charge in [0.05, 0.1) is 5.57 Å². The quantitative estimate of drug-likeness (QED) is 0.793. The maximum Gasteiger partial charge on any atom is 0.336 e. The van der Waals surface area contributed by atoms with Crippen LogP contribution in [0.4, 0.5) is 0 Å². The average Bonchev–Trinajstić information content (AvgIpc) is 2.53. The van der Waals surface area contributed by atoms with Crippen molar-refractivity contribution < 1.29 is 9.53 Å². The molecule has 0 amide bonds. The summed E-state index contributed by atoms with van der Waals surface area (Å²) in [6, 6.07) is 9.78. The van der Waals surface area contributed by atoms with E-state index in [1.54, 1.807) is 0 Å². The monoisotopic (exact) mass is 313 g/mol. The van der Waals surface area contributed by atoms with Gasteiger partial charge in [-0.25, -0.2) is 4.79 Å². The Hall–Kier alpha value is -2.03. The minimum Gasteiger partial charge on any atom is -0.457 e. The highest BCUT2D eigenvalue weighted by Gasteiger charge is 2.23. The lowest BCUT2D eigenvalue weighted by Gasteiger charge is -2.26. The number of nitrogens with one attached hydrogen (secondary N) is 1. The highest BCUT2D eigenvalue weighted by Crippen LogP contribution is 2.28. The largest absolute Gasteiger partial charge is 0.457 e. The fourth-order valence-electron chi connectivity index (χ4n) is 2.96. The normalized spacial score (nSPS) is 15.0. The van der Waals surface area contributed by atoms with Gasteiger partial charge in [-0.05, 0) is 42.4 Å². The van der Waals surface area contributed by atoms with Crippen molar-refractivity contribution >= 4 is 5.97 Å². The van der Waals surface area contributed by atoms with Crippen molar-refractivity contribution in [2.75, 3.05) is 6.54 Å². The van der Waals surface area contributed by atoms with Gasteiger partial charge in [-0.2, -0.15) is 0 Å². The van der Waals surface area contributed by atoms with E-state index >= 15 is 0 Å². The van der Waals surface area contributed by atoms with Crippen LogP contribution < -0.4 is 5.32 Å². The van der Waals surface area contributed by atoms with Gasteiger partial charge < -0.3 is 10.1 Å². The van der Waals surface area contributed by atoms with Crippen molar-refractivity contribution in [3.8, 4) is 0 Å². The number of ether oxygens (including phenoxy) is 1. The van der Waals surface area contributed by atoms with Crippen LogP contribution in [-0.2, 0) is 16.1 Å². The first-order chi connectivity index (χ1) is 11.0. The summed E-state index contributed by atoms with van der Waals surface area (Å²) in [6.07, 6.45) is 1.95. The summed E-state index contributed by atoms with van der Waals surface area (Å²) in [4.78, 5) is 12.4. The molecule has 0 atom stereocenters. The van der Waals surface area contributed by atoms with E-state index in [4.69, 9.17) is 4.74 Å². The van der Waals surface area contributed by atoms with E-state index in [0.717, 1.165) is 29.6 Å². The number of esters is 1. The van der Waals surface area contributed by atoms with Gasteiger partial charge in [-0.3, -0.25) is 0 Å². The Morgan fingerprint density at radius 3 is 2.57 bits per heavy atom. The zero-order valence-electron chi connectivity index (χ0n) is 14.6. The van der Waals surface area contributed by atoms with Crippen LogP contribution in [0.1, 0.15) is 46.1 Å². The number of allylic oxidation sites excluding steroid dienone is 3. The van der Waals surface area contributed by atoms with Gasteiger partial charge in [-0.1, -0.05) is 51.1 Å². The highest BCUT2D eigenvalue weighted by molar-refractivity contribution is 5.91. The second-order valence-electron chi connectivity index (χ2n) is 6.43. The molecule has 0 bridgehead atoms. The van der Waals surface area contributed by atoms with Crippen molar-refractivity contribution in [2.24, 2.45) is 5.92 Å². The predicted molar refractivity (Wildman–Crippen MR) is 93.7 cm³/mol. The van der Waals surface area contributed by atoms with E-state index in [1.165, 1.54) is 11.3 Å². The third-order valence-electron chi connectivity index (χ3n) is 4.17. The molecule has 3 nitrogen and oxygen atoms in total. The Morgan fingerprint density at radius 1 is 1.26 bits per heavy atom. The van der Waals surface area contributed by atoms with Crippen LogP contribution >= 0.6 is 0 Å². The van der Waals surface area contributed by atoms with E-state index < -0.39 is 0 Å². The van der Waals surface area contributed by atoms with E-state index in [1.807, 2.05) is 37.3 Å². The van der Waals surface area contributed by atoms with Gasteiger partial charge in [0.2, 0.25) is 0 Å². The van der Waals surface area contributed by atoms with Gasteiger partial charge in [0, 0.05) is 12.2 Å². The van der Waals surface area contributed by atoms with Crippen LogP contribution in [0.15, 0.2) is 52.7 Å². The third-order valence-corrected chi connectivity index (χ3v) is 4.17. The number of hydrogen-bond donors (Lipinski definition) is 1. The molecule has 0 unspecified atom stereocenters. The van der Waals surface area contributed by atoms with Gasteiger partial charge in [0.1, 0.15) is 6.61 Å². The minimum atomic E-state index is -0.214. The average molecular weight is 313 g/mol. The van der Waals surface area contributed by atoms with E-state index in [9.17, 15) is 4.79 Å². The summed E-state index contributed by atoms with van der Waals surface area (Å²) in [5.41, 5.74) is 5.39. The predicted octanol–water partition coefficient (Wildman–Crippen LogP) is 4.36. The van der Waals surface area contributed by atoms with Gasteiger partial charge in [0.15, 0.2) is 0 Å². The van der Waals surface area contributed by atoms with Crippen molar-refractivity contribution in [2.45, 2.75) is 47.1 Å². The molecule has 0 saturated carbocycles. The molecule has 0 fully saturated rings. The molecule has 0 aliphatic carbocycles. The lowest BCUT2D eigenvalue weighted by atomic mass is 9.91. The van der Waals surface area contributed by atoms with E-state index in [0.29, 0.717) is 19.1 Å². The standard InChI is InChI=1S/C20H27NO2/c1-5-17-15(4)18(12-21-19(17)11-14(2)3)20(22)23-13-16-9-7-6-8-10-16/h6-10,14,21H,5,11-13H2,1-4H3. The Balaban J connectivity index is 2.12. The van der Waals surface area contributed by atoms with Crippen LogP contribution in [0.2, 0.25) is 0 Å². The molecule has 1 aliphatic heterocycles. The minimum absolute atomic E-state index is 0.214. The van der Waals surface area contributed by atoms with Gasteiger partial charge >= 0.3 is 5.97 Å². The fourth-order valence-corrected chi connectivity index (χ4v) is 2.96. The molecule has 1 heterocycles. The molecule has 1 aromatic rings. The smallest absolute Gasteiger partial charge is 0.336 e. The molecule has 0 saturated heterocycles. The Morgan fingerprint density at radius 2 is 1.96 bits per heavy atom. The molecular formula is C20H27NO2. The first kappa shape index (κ1) is 17.3. The molecule has 0 radical (unpaired) electrons. The van der Waals surface area contributed by atoms with Crippen LogP contribution in [0.5, 0.6) is 0 Å². The summed E-state index contributed by atoms with van der Waals surface area (Å²) in [7, 11) is 0. The van der Waals surface area contributed by atoms with Crippen molar-refractivity contribution in [3.63, 3.8) is 0 Å². The summed E-state index contributed by atoms with van der Waals surface area (Å²) >= 11 is 0. The fraction of sp³-hybridized carbons (Fsp3) is 0.450. The molecule has 2 rings (SSSR count). The number of carbonyl (C=O) groups excluding carboxylic acids is 1. The number of hydrogen-bond acceptors (Lipinski definition) is 3. The molecule has 3 heteroatoms. The Kier molecular flexibility index (Phi) is 6.03. The molecular weight excluding hydrogens is 286 g/mol. The zero-order valence-corrected chi connectivity index (χ0v) is 14.6. The van der Waals surface area contributed by atoms with Gasteiger partial charge in [0.25, 0.3) is 0 Å². The molecule has 1 aromatic carbocycles. The van der Waals surface area contributed by atoms with E-state index in [2.05, 4.69) is 26.1 Å². The molecule has 124 valence electrons. The van der Waals surface area contributed by atoms with Crippen molar-refractivity contribution in [3.05, 3.63) is 58.3 Å². The molecule has 23 heavy (non-hydrogen) atoms. The zero-order chi connectivity index (χ0) is 16.8. The number of dihydropyridines is 1. The van der Waals surface area contributed by atoms with Crippen LogP contribution in [0.25, 0.3) is 0 Å². The SMILES string of the molecule is CCC1=C(CC(C)C)NCC(C(=O)OCc2ccccc2)=C1C. The molecule has 1 aliphatic rings. The first-order valence-electron chi connectivity index (χ1n) is 8.40. The van der Waals surface area contributed by atoms with Gasteiger partial charge in [-0.15, -0.1) is 0 Å². The lowest BCUT2D eigenvalue weighted by Crippen LogP contribution is -2.29. The highest BCUT2D eigenvalue weighted by atomic mass is 16.5. The van der Waals surface area contributed by atoms with Crippen LogP contribution in [0.3, 0.4) is 0 Å². The maximum absolute atomic E-state index is 12.4. The molecule has 0 spiro atoms. The lowest BCUT2D eigenvalue weighted by molar-refractivity contribution is -0.140. The second-order valence-corrected chi connectivity index (χ2v) is 6.43. The topological polar surface area (TPSA) is 38.3 Å². The number of benzene rings is 1. The number of carbonyl (C=O) groups is 1. The second kappa shape index (κ2) is 8.00. The first-order valence-corrected chi connectivity index (χ1v) is 8.40. The Bertz CT molecular complexity index is 612. The summed E-state index contributed by atoms with van der Waals surface area (Å²) in [5, 5.41) is 3.43. The number of rotatable bonds is 6. The Labute approximate surface area is 139 Å². The molecule has 0 aromatic heterocycles. The van der Waals surface area contributed by atoms with Crippen LogP contribution in [-0.4, -0.2) is 12.5 Å². The van der Waals surface area contributed by atoms with E-state index in [-0.39, 0.29) is 5.97 Å². The summed E-state index contributed by atoms with van der Waals surface area (Å²) in [6.45, 7) is 9.49. The summed E-state index contributed by atoms with van der Waals surface area (Å²) < 4.78 is 5.49. The maximum atomic E-state index is 12.4. The van der Waals surface area contributed by atoms with Crippen LogP contribution in [0, 0.1) is 5.92 Å². The van der Waals surface area contributed by atoms with Crippen molar-refractivity contribution in [1.82, 2.24) is 5.32 Å². The third kappa shape index (κ3) is 4.47. The molecule has 1 N–H and O–H groups in total. The summed E-state index contributed by atoms with van der Waals surface area (Å²) in [5.74, 6) is 0.381.